The van der Waals surface area contributed by atoms with Gasteiger partial charge in [0.15, 0.2) is 0 Å². The minimum Gasteiger partial charge on any atom is -0.478 e. The average Bonchev–Trinajstić information content (AvgIpc) is 2.42. The number of amides is 1. The first-order chi connectivity index (χ1) is 10.2. The quantitative estimate of drug-likeness (QED) is 0.754. The van der Waals surface area contributed by atoms with Crippen LogP contribution in [0, 0.1) is 5.82 Å². The summed E-state index contributed by atoms with van der Waals surface area (Å²) in [6, 6.07) is 4.49. The first kappa shape index (κ1) is 17.7. The minimum atomic E-state index is -4.46. The molecule has 5 nitrogen and oxygen atoms in total. The van der Waals surface area contributed by atoms with Crippen LogP contribution in [0.4, 0.5) is 17.6 Å². The molecule has 0 aliphatic heterocycles. The molecule has 0 spiro atoms. The molecule has 0 bridgehead atoms. The molecule has 1 aromatic rings. The number of carboxylic acid groups (broad SMARTS) is 1. The van der Waals surface area contributed by atoms with Crippen LogP contribution in [0.1, 0.15) is 12.8 Å². The first-order valence-corrected chi connectivity index (χ1v) is 6.16. The molecule has 1 amide bonds. The van der Waals surface area contributed by atoms with Crippen LogP contribution in [0.3, 0.4) is 0 Å². The molecule has 0 radical (unpaired) electrons. The summed E-state index contributed by atoms with van der Waals surface area (Å²) in [7, 11) is 0. The van der Waals surface area contributed by atoms with E-state index in [1.54, 1.807) is 0 Å². The van der Waals surface area contributed by atoms with Crippen molar-refractivity contribution in [2.75, 3.05) is 6.54 Å². The van der Waals surface area contributed by atoms with Gasteiger partial charge >= 0.3 is 12.1 Å². The highest BCUT2D eigenvalue weighted by molar-refractivity contribution is 5.78. The number of carbonyl (C=O) groups is 2. The summed E-state index contributed by atoms with van der Waals surface area (Å²) in [5, 5.41) is 11.0. The molecule has 1 unspecified atom stereocenters. The van der Waals surface area contributed by atoms with E-state index in [1.165, 1.54) is 12.1 Å². The number of alkyl halides is 3. The summed E-state index contributed by atoms with van der Waals surface area (Å²) in [5.74, 6) is -2.84. The molecule has 0 heterocycles. The van der Waals surface area contributed by atoms with Gasteiger partial charge in [-0.2, -0.15) is 13.2 Å². The molecule has 1 rings (SSSR count). The van der Waals surface area contributed by atoms with Crippen molar-refractivity contribution in [2.45, 2.75) is 25.1 Å². The van der Waals surface area contributed by atoms with Crippen molar-refractivity contribution in [3.8, 4) is 5.75 Å². The topological polar surface area (TPSA) is 75.6 Å². The third kappa shape index (κ3) is 6.91. The number of rotatable bonds is 7. The summed E-state index contributed by atoms with van der Waals surface area (Å²) < 4.78 is 53.5. The van der Waals surface area contributed by atoms with Gasteiger partial charge in [-0.05, 0) is 24.3 Å². The predicted molar refractivity (Wildman–Crippen MR) is 66.8 cm³/mol. The lowest BCUT2D eigenvalue weighted by Crippen LogP contribution is -2.40. The Morgan fingerprint density at radius 1 is 1.23 bits per heavy atom. The van der Waals surface area contributed by atoms with Crippen molar-refractivity contribution in [2.24, 2.45) is 0 Å². The fraction of sp³-hybridized carbons (Fsp3) is 0.385. The van der Waals surface area contributed by atoms with E-state index in [-0.39, 0.29) is 5.75 Å². The number of nitrogens with one attached hydrogen (secondary N) is 1. The van der Waals surface area contributed by atoms with Crippen molar-refractivity contribution in [3.05, 3.63) is 30.1 Å². The largest absolute Gasteiger partial charge is 0.478 e. The number of halogens is 4. The Balaban J connectivity index is 2.49. The molecular weight excluding hydrogens is 310 g/mol. The van der Waals surface area contributed by atoms with E-state index in [4.69, 9.17) is 9.84 Å². The van der Waals surface area contributed by atoms with Gasteiger partial charge in [-0.25, -0.2) is 9.18 Å². The molecule has 9 heteroatoms. The number of hydrogen-bond donors (Lipinski definition) is 2. The van der Waals surface area contributed by atoms with E-state index in [0.29, 0.717) is 0 Å². The number of ether oxygens (including phenoxy) is 1. The maximum Gasteiger partial charge on any atom is 0.389 e. The molecule has 22 heavy (non-hydrogen) atoms. The highest BCUT2D eigenvalue weighted by Crippen LogP contribution is 2.21. The van der Waals surface area contributed by atoms with Crippen LogP contribution >= 0.6 is 0 Å². The number of carboxylic acids is 1. The standard InChI is InChI=1S/C13H13F4NO4/c14-8-1-3-9(4-2-8)22-10(12(20)21)7-18-11(19)5-6-13(15,16)17/h1-4,10H,5-7H2,(H,18,19)(H,20,21). The van der Waals surface area contributed by atoms with Gasteiger partial charge < -0.3 is 15.2 Å². The van der Waals surface area contributed by atoms with Crippen LogP contribution in [0.5, 0.6) is 5.75 Å². The molecule has 0 fully saturated rings. The molecule has 122 valence electrons. The van der Waals surface area contributed by atoms with Crippen LogP contribution in [-0.4, -0.2) is 35.8 Å². The Bertz CT molecular complexity index is 516. The second-order valence-electron chi connectivity index (χ2n) is 4.32. The van der Waals surface area contributed by atoms with Crippen LogP contribution < -0.4 is 10.1 Å². The van der Waals surface area contributed by atoms with Gasteiger partial charge in [0.1, 0.15) is 11.6 Å². The minimum absolute atomic E-state index is 0.0540. The molecule has 2 N–H and O–H groups in total. The van der Waals surface area contributed by atoms with E-state index >= 15 is 0 Å². The highest BCUT2D eigenvalue weighted by Gasteiger charge is 2.28. The lowest BCUT2D eigenvalue weighted by molar-refractivity contribution is -0.147. The Labute approximate surface area is 122 Å². The van der Waals surface area contributed by atoms with Gasteiger partial charge in [0.05, 0.1) is 13.0 Å². The first-order valence-electron chi connectivity index (χ1n) is 6.16. The Kier molecular flexibility index (Phi) is 6.14. The zero-order chi connectivity index (χ0) is 16.8. The van der Waals surface area contributed by atoms with Crippen molar-refractivity contribution < 1.29 is 37.0 Å². The number of carbonyl (C=O) groups excluding carboxylic acids is 1. The molecule has 1 atom stereocenters. The van der Waals surface area contributed by atoms with E-state index in [9.17, 15) is 27.2 Å². The van der Waals surface area contributed by atoms with Gasteiger partial charge in [-0.1, -0.05) is 0 Å². The van der Waals surface area contributed by atoms with Crippen molar-refractivity contribution in [1.29, 1.82) is 0 Å². The van der Waals surface area contributed by atoms with Crippen LogP contribution in [-0.2, 0) is 9.59 Å². The van der Waals surface area contributed by atoms with Gasteiger partial charge in [0.2, 0.25) is 12.0 Å². The Morgan fingerprint density at radius 3 is 2.32 bits per heavy atom. The monoisotopic (exact) mass is 323 g/mol. The predicted octanol–water partition coefficient (Wildman–Crippen LogP) is 2.12. The molecule has 0 saturated carbocycles. The van der Waals surface area contributed by atoms with Crippen LogP contribution in [0.25, 0.3) is 0 Å². The summed E-state index contributed by atoms with van der Waals surface area (Å²) in [6.07, 6.45) is -8.06. The number of hydrogen-bond acceptors (Lipinski definition) is 3. The molecule has 0 saturated heterocycles. The molecule has 0 aliphatic carbocycles. The molecule has 0 aromatic heterocycles. The summed E-state index contributed by atoms with van der Waals surface area (Å²) in [5.41, 5.74) is 0. The zero-order valence-electron chi connectivity index (χ0n) is 11.2. The lowest BCUT2D eigenvalue weighted by atomic mass is 10.2. The van der Waals surface area contributed by atoms with E-state index in [2.05, 4.69) is 0 Å². The SMILES string of the molecule is O=C(CCC(F)(F)F)NCC(Oc1ccc(F)cc1)C(=O)O. The fourth-order valence-corrected chi connectivity index (χ4v) is 1.41. The molecular formula is C13H13F4NO4. The average molecular weight is 323 g/mol. The lowest BCUT2D eigenvalue weighted by Gasteiger charge is -2.16. The maximum atomic E-state index is 12.7. The van der Waals surface area contributed by atoms with Crippen molar-refractivity contribution in [1.82, 2.24) is 5.32 Å². The zero-order valence-corrected chi connectivity index (χ0v) is 11.2. The highest BCUT2D eigenvalue weighted by atomic mass is 19.4. The number of aliphatic carboxylic acids is 1. The van der Waals surface area contributed by atoms with Crippen molar-refractivity contribution >= 4 is 11.9 Å². The van der Waals surface area contributed by atoms with Crippen LogP contribution in [0.2, 0.25) is 0 Å². The summed E-state index contributed by atoms with van der Waals surface area (Å²) in [6.45, 7) is -0.511. The van der Waals surface area contributed by atoms with E-state index < -0.39 is 49.4 Å². The smallest absolute Gasteiger partial charge is 0.389 e. The fourth-order valence-electron chi connectivity index (χ4n) is 1.41. The van der Waals surface area contributed by atoms with Crippen molar-refractivity contribution in [3.63, 3.8) is 0 Å². The van der Waals surface area contributed by atoms with Gasteiger partial charge in [0.25, 0.3) is 0 Å². The normalized spacial score (nSPS) is 12.5. The molecule has 0 aliphatic rings. The third-order valence-corrected chi connectivity index (χ3v) is 2.49. The number of benzene rings is 1. The Hall–Kier alpha value is -2.32. The van der Waals surface area contributed by atoms with E-state index in [0.717, 1.165) is 12.1 Å². The van der Waals surface area contributed by atoms with Gasteiger partial charge in [-0.3, -0.25) is 4.79 Å². The van der Waals surface area contributed by atoms with Crippen LogP contribution in [0.15, 0.2) is 24.3 Å². The molecule has 1 aromatic carbocycles. The summed E-state index contributed by atoms with van der Waals surface area (Å²) >= 11 is 0. The second-order valence-corrected chi connectivity index (χ2v) is 4.32. The maximum absolute atomic E-state index is 12.7. The van der Waals surface area contributed by atoms with Gasteiger partial charge in [-0.15, -0.1) is 0 Å². The second kappa shape index (κ2) is 7.62. The van der Waals surface area contributed by atoms with E-state index in [1.807, 2.05) is 5.32 Å². The summed E-state index contributed by atoms with van der Waals surface area (Å²) in [4.78, 5) is 22.2. The third-order valence-electron chi connectivity index (χ3n) is 2.49. The van der Waals surface area contributed by atoms with Gasteiger partial charge in [0, 0.05) is 6.42 Å². The Morgan fingerprint density at radius 2 is 1.82 bits per heavy atom.